The van der Waals surface area contributed by atoms with Crippen LogP contribution < -0.4 is 4.74 Å². The van der Waals surface area contributed by atoms with Crippen LogP contribution in [0.3, 0.4) is 0 Å². The molecular weight excluding hydrogens is 468 g/mol. The number of phenolic OH excluding ortho intramolecular Hbond substituents is 4. The van der Waals surface area contributed by atoms with Crippen molar-refractivity contribution in [2.45, 2.75) is 56.8 Å². The van der Waals surface area contributed by atoms with Gasteiger partial charge in [0.05, 0.1) is 6.10 Å². The fraction of sp³-hybridized carbons (Fsp3) is 0.391. The summed E-state index contributed by atoms with van der Waals surface area (Å²) >= 11 is 0. The number of ketones is 1. The first-order chi connectivity index (χ1) is 16.5. The van der Waals surface area contributed by atoms with E-state index in [4.69, 9.17) is 18.9 Å². The molecule has 0 bridgehead atoms. The Hall–Kier alpha value is -3.58. The summed E-state index contributed by atoms with van der Waals surface area (Å²) in [6.45, 7) is 2.51. The van der Waals surface area contributed by atoms with E-state index in [9.17, 15) is 40.2 Å². The monoisotopic (exact) mass is 492 g/mol. The van der Waals surface area contributed by atoms with E-state index in [0.29, 0.717) is 0 Å². The van der Waals surface area contributed by atoms with E-state index in [1.165, 1.54) is 13.0 Å². The molecule has 2 aromatic carbocycles. The fourth-order valence-electron chi connectivity index (χ4n) is 4.07. The highest BCUT2D eigenvalue weighted by atomic mass is 16.7. The summed E-state index contributed by atoms with van der Waals surface area (Å²) in [5.41, 5.74) is -0.138. The normalized spacial score (nSPS) is 30.3. The summed E-state index contributed by atoms with van der Waals surface area (Å²) in [6.07, 6.45) is -9.96. The Kier molecular flexibility index (Phi) is 6.47. The van der Waals surface area contributed by atoms with Crippen molar-refractivity contribution in [3.05, 3.63) is 41.5 Å². The fourth-order valence-corrected chi connectivity index (χ4v) is 4.07. The zero-order chi connectivity index (χ0) is 25.6. The van der Waals surface area contributed by atoms with Crippen LogP contribution in [0.25, 0.3) is 0 Å². The molecular formula is C23H24O12. The van der Waals surface area contributed by atoms with Crippen LogP contribution in [0.1, 0.15) is 35.9 Å². The van der Waals surface area contributed by atoms with Gasteiger partial charge in [-0.1, -0.05) is 6.07 Å². The number of esters is 1. The zero-order valence-electron chi connectivity index (χ0n) is 18.6. The number of ether oxygens (including phenoxy) is 4. The average molecular weight is 492 g/mol. The van der Waals surface area contributed by atoms with E-state index in [0.717, 1.165) is 31.2 Å². The van der Waals surface area contributed by atoms with Gasteiger partial charge in [-0.15, -0.1) is 0 Å². The van der Waals surface area contributed by atoms with Crippen molar-refractivity contribution in [2.24, 2.45) is 0 Å². The minimum atomic E-state index is -1.61. The first-order valence-electron chi connectivity index (χ1n) is 10.6. The third kappa shape index (κ3) is 4.56. The van der Waals surface area contributed by atoms with Crippen LogP contribution in [-0.2, 0) is 19.0 Å². The van der Waals surface area contributed by atoms with Gasteiger partial charge in [0, 0.05) is 19.1 Å². The van der Waals surface area contributed by atoms with Crippen molar-refractivity contribution in [2.75, 3.05) is 0 Å². The highest BCUT2D eigenvalue weighted by molar-refractivity contribution is 6.05. The maximum absolute atomic E-state index is 13.5. The maximum atomic E-state index is 13.5. The standard InChI is InChI=1S/C23H24O12/c1-8-17(29)19(31)22(33-9(2)24)23(32-8)35-21-18(30)16-14(28)6-11(25)7-15(16)34-20(21)10-3-4-12(26)13(27)5-10/h3-8,17,19-23,25-29,31H,1-2H3/t8-,17-,19+,20+,21-,22+,23-/m0/s1. The van der Waals surface area contributed by atoms with Crippen molar-refractivity contribution >= 4 is 11.8 Å². The molecule has 7 atom stereocenters. The highest BCUT2D eigenvalue weighted by Gasteiger charge is 2.50. The number of rotatable bonds is 4. The zero-order valence-corrected chi connectivity index (χ0v) is 18.6. The molecule has 12 heteroatoms. The number of aliphatic hydroxyl groups excluding tert-OH is 2. The molecule has 35 heavy (non-hydrogen) atoms. The third-order valence-electron chi connectivity index (χ3n) is 5.80. The second kappa shape index (κ2) is 9.23. The molecule has 0 aliphatic carbocycles. The van der Waals surface area contributed by atoms with Crippen LogP contribution in [-0.4, -0.2) is 79.2 Å². The van der Waals surface area contributed by atoms with E-state index in [1.807, 2.05) is 0 Å². The van der Waals surface area contributed by atoms with Crippen LogP contribution in [0.15, 0.2) is 30.3 Å². The number of benzene rings is 2. The highest BCUT2D eigenvalue weighted by Crippen LogP contribution is 2.44. The van der Waals surface area contributed by atoms with Gasteiger partial charge in [-0.05, 0) is 24.6 Å². The van der Waals surface area contributed by atoms with Crippen molar-refractivity contribution < 1.29 is 59.2 Å². The second-order valence-electron chi connectivity index (χ2n) is 8.31. The van der Waals surface area contributed by atoms with E-state index in [1.54, 1.807) is 0 Å². The first-order valence-corrected chi connectivity index (χ1v) is 10.6. The summed E-state index contributed by atoms with van der Waals surface area (Å²) in [6, 6.07) is 5.68. The van der Waals surface area contributed by atoms with Gasteiger partial charge in [-0.2, -0.15) is 0 Å². The molecule has 0 unspecified atom stereocenters. The number of aliphatic hydroxyl groups is 2. The molecule has 1 fully saturated rings. The maximum Gasteiger partial charge on any atom is 0.303 e. The van der Waals surface area contributed by atoms with Crippen LogP contribution in [0, 0.1) is 0 Å². The molecule has 188 valence electrons. The van der Waals surface area contributed by atoms with Gasteiger partial charge >= 0.3 is 5.97 Å². The molecule has 0 saturated carbocycles. The lowest BCUT2D eigenvalue weighted by atomic mass is 9.92. The number of fused-ring (bicyclic) bond motifs is 1. The van der Waals surface area contributed by atoms with E-state index >= 15 is 0 Å². The van der Waals surface area contributed by atoms with E-state index < -0.39 is 71.9 Å². The number of hydrogen-bond acceptors (Lipinski definition) is 12. The van der Waals surface area contributed by atoms with Gasteiger partial charge in [0.25, 0.3) is 0 Å². The van der Waals surface area contributed by atoms with E-state index in [2.05, 4.69) is 0 Å². The minimum absolute atomic E-state index is 0.167. The Labute approximate surface area is 198 Å². The molecule has 0 spiro atoms. The van der Waals surface area contributed by atoms with Gasteiger partial charge in [0.15, 0.2) is 36.1 Å². The predicted octanol–water partition coefficient (Wildman–Crippen LogP) is 0.609. The lowest BCUT2D eigenvalue weighted by Crippen LogP contribution is -2.60. The molecule has 2 heterocycles. The topological polar surface area (TPSA) is 192 Å². The number of Topliss-reactive ketones (excluding diaryl/α,β-unsaturated/α-hetero) is 1. The molecule has 0 amide bonds. The van der Waals surface area contributed by atoms with Gasteiger partial charge in [0.1, 0.15) is 35.0 Å². The molecule has 2 aliphatic heterocycles. The van der Waals surface area contributed by atoms with Gasteiger partial charge in [-0.3, -0.25) is 9.59 Å². The van der Waals surface area contributed by atoms with Crippen molar-refractivity contribution in [1.82, 2.24) is 0 Å². The third-order valence-corrected chi connectivity index (χ3v) is 5.80. The molecule has 1 saturated heterocycles. The van der Waals surface area contributed by atoms with Crippen LogP contribution in [0.4, 0.5) is 0 Å². The second-order valence-corrected chi connectivity index (χ2v) is 8.31. The molecule has 6 N–H and O–H groups in total. The summed E-state index contributed by atoms with van der Waals surface area (Å²) in [4.78, 5) is 25.1. The SMILES string of the molecule is CC(=O)O[C@H]1[C@H](O[C@H]2C(=O)c3c(O)cc(O)cc3O[C@@H]2c2ccc(O)c(O)c2)O[C@@H](C)[C@H](O)[C@H]1O. The minimum Gasteiger partial charge on any atom is -0.508 e. The van der Waals surface area contributed by atoms with Crippen molar-refractivity contribution in [1.29, 1.82) is 0 Å². The Morgan fingerprint density at radius 1 is 0.971 bits per heavy atom. The summed E-state index contributed by atoms with van der Waals surface area (Å²) in [5, 5.41) is 60.4. The van der Waals surface area contributed by atoms with Crippen LogP contribution in [0.2, 0.25) is 0 Å². The molecule has 0 radical (unpaired) electrons. The number of hydrogen-bond donors (Lipinski definition) is 6. The van der Waals surface area contributed by atoms with Crippen LogP contribution >= 0.6 is 0 Å². The number of aromatic hydroxyl groups is 4. The molecule has 4 rings (SSSR count). The molecule has 12 nitrogen and oxygen atoms in total. The van der Waals surface area contributed by atoms with E-state index in [-0.39, 0.29) is 22.6 Å². The van der Waals surface area contributed by atoms with Crippen molar-refractivity contribution in [3.63, 3.8) is 0 Å². The Morgan fingerprint density at radius 3 is 2.34 bits per heavy atom. The molecule has 2 aromatic rings. The first kappa shape index (κ1) is 24.5. The number of phenols is 4. The van der Waals surface area contributed by atoms with Crippen LogP contribution in [0.5, 0.6) is 28.7 Å². The summed E-state index contributed by atoms with van der Waals surface area (Å²) in [7, 11) is 0. The molecule has 0 aromatic heterocycles. The Bertz CT molecular complexity index is 1150. The Balaban J connectivity index is 1.77. The smallest absolute Gasteiger partial charge is 0.303 e. The summed E-state index contributed by atoms with van der Waals surface area (Å²) < 4.78 is 22.4. The predicted molar refractivity (Wildman–Crippen MR) is 114 cm³/mol. The number of carbonyl (C=O) groups excluding carboxylic acids is 2. The lowest BCUT2D eigenvalue weighted by molar-refractivity contribution is -0.307. The summed E-state index contributed by atoms with van der Waals surface area (Å²) in [5.74, 6) is -3.69. The number of carbonyl (C=O) groups is 2. The van der Waals surface area contributed by atoms with Gasteiger partial charge < -0.3 is 49.6 Å². The average Bonchev–Trinajstić information content (AvgIpc) is 2.77. The van der Waals surface area contributed by atoms with Gasteiger partial charge in [0.2, 0.25) is 5.78 Å². The quantitative estimate of drug-likeness (QED) is 0.258. The lowest BCUT2D eigenvalue weighted by Gasteiger charge is -2.43. The van der Waals surface area contributed by atoms with Crippen molar-refractivity contribution in [3.8, 4) is 28.7 Å². The molecule has 2 aliphatic rings. The Morgan fingerprint density at radius 2 is 1.69 bits per heavy atom. The largest absolute Gasteiger partial charge is 0.508 e. The van der Waals surface area contributed by atoms with Gasteiger partial charge in [-0.25, -0.2) is 0 Å².